The standard InChI is InChI=1S/C14H17N3O6/c1-23-14(20)10-6-7-11(17(21)22)12(16-10)15-9-4-2-8(3-5-9)13(18)19/h6-9H,2-5H2,1H3,(H,15,16)(H,18,19). The molecule has 0 spiro atoms. The third-order valence-corrected chi connectivity index (χ3v) is 3.88. The maximum Gasteiger partial charge on any atom is 0.356 e. The van der Waals surface area contributed by atoms with Gasteiger partial charge in [-0.2, -0.15) is 0 Å². The number of hydrogen-bond donors (Lipinski definition) is 2. The van der Waals surface area contributed by atoms with Crippen molar-refractivity contribution in [3.05, 3.63) is 27.9 Å². The quantitative estimate of drug-likeness (QED) is 0.476. The Bertz CT molecular complexity index is 625. The number of nitrogens with one attached hydrogen (secondary N) is 1. The summed E-state index contributed by atoms with van der Waals surface area (Å²) in [5.41, 5.74) is -0.266. The molecule has 1 fully saturated rings. The number of rotatable bonds is 5. The third-order valence-electron chi connectivity index (χ3n) is 3.88. The van der Waals surface area contributed by atoms with Gasteiger partial charge in [-0.15, -0.1) is 0 Å². The Morgan fingerprint density at radius 1 is 1.35 bits per heavy atom. The molecule has 0 radical (unpaired) electrons. The van der Waals surface area contributed by atoms with E-state index in [1.54, 1.807) is 0 Å². The number of nitrogens with zero attached hydrogens (tertiary/aromatic N) is 2. The van der Waals surface area contributed by atoms with E-state index in [9.17, 15) is 19.7 Å². The molecule has 9 heteroatoms. The molecule has 9 nitrogen and oxygen atoms in total. The minimum atomic E-state index is -0.819. The number of hydrogen-bond acceptors (Lipinski definition) is 7. The third kappa shape index (κ3) is 3.93. The van der Waals surface area contributed by atoms with Gasteiger partial charge >= 0.3 is 17.6 Å². The average molecular weight is 323 g/mol. The van der Waals surface area contributed by atoms with Crippen molar-refractivity contribution in [2.24, 2.45) is 5.92 Å². The van der Waals surface area contributed by atoms with E-state index in [0.717, 1.165) is 0 Å². The molecule has 0 aliphatic heterocycles. The van der Waals surface area contributed by atoms with Gasteiger partial charge in [-0.3, -0.25) is 14.9 Å². The van der Waals surface area contributed by atoms with Crippen molar-refractivity contribution in [1.82, 2.24) is 4.98 Å². The molecule has 0 aromatic carbocycles. The van der Waals surface area contributed by atoms with Gasteiger partial charge in [0.2, 0.25) is 5.82 Å². The lowest BCUT2D eigenvalue weighted by Crippen LogP contribution is -2.30. The van der Waals surface area contributed by atoms with Crippen LogP contribution in [0, 0.1) is 16.0 Å². The monoisotopic (exact) mass is 323 g/mol. The molecule has 124 valence electrons. The van der Waals surface area contributed by atoms with Crippen LogP contribution < -0.4 is 5.32 Å². The van der Waals surface area contributed by atoms with Crippen LogP contribution in [0.4, 0.5) is 11.5 Å². The van der Waals surface area contributed by atoms with Crippen LogP contribution in [-0.4, -0.2) is 40.1 Å². The Morgan fingerprint density at radius 3 is 2.52 bits per heavy atom. The molecule has 0 unspecified atom stereocenters. The number of carboxylic acids is 1. The predicted molar refractivity (Wildman–Crippen MR) is 79.2 cm³/mol. The fourth-order valence-electron chi connectivity index (χ4n) is 2.60. The summed E-state index contributed by atoms with van der Waals surface area (Å²) in [6.45, 7) is 0. The van der Waals surface area contributed by atoms with Gasteiger partial charge < -0.3 is 15.2 Å². The summed E-state index contributed by atoms with van der Waals surface area (Å²) in [4.78, 5) is 36.9. The predicted octanol–water partition coefficient (Wildman–Crippen LogP) is 1.83. The van der Waals surface area contributed by atoms with Crippen LogP contribution in [-0.2, 0) is 9.53 Å². The molecule has 2 N–H and O–H groups in total. The van der Waals surface area contributed by atoms with E-state index in [0.29, 0.717) is 25.7 Å². The first-order valence-corrected chi connectivity index (χ1v) is 7.15. The van der Waals surface area contributed by atoms with Crippen LogP contribution in [0.15, 0.2) is 12.1 Å². The summed E-state index contributed by atoms with van der Waals surface area (Å²) in [7, 11) is 1.20. The minimum Gasteiger partial charge on any atom is -0.481 e. The molecule has 1 aromatic heterocycles. The SMILES string of the molecule is COC(=O)c1ccc([N+](=O)[O-])c(NC2CCC(C(=O)O)CC2)n1. The number of nitro groups is 1. The largest absolute Gasteiger partial charge is 0.481 e. The highest BCUT2D eigenvalue weighted by molar-refractivity contribution is 5.88. The lowest BCUT2D eigenvalue weighted by atomic mass is 9.86. The fourth-order valence-corrected chi connectivity index (χ4v) is 2.60. The van der Waals surface area contributed by atoms with Crippen molar-refractivity contribution in [3.8, 4) is 0 Å². The maximum atomic E-state index is 11.5. The molecule has 2 rings (SSSR count). The Labute approximate surface area is 131 Å². The highest BCUT2D eigenvalue weighted by Gasteiger charge is 2.28. The molecule has 0 atom stereocenters. The van der Waals surface area contributed by atoms with Crippen LogP contribution in [0.25, 0.3) is 0 Å². The van der Waals surface area contributed by atoms with Crippen LogP contribution in [0.1, 0.15) is 36.2 Å². The second-order valence-electron chi connectivity index (χ2n) is 5.34. The normalized spacial score (nSPS) is 20.6. The number of aromatic nitrogens is 1. The second kappa shape index (κ2) is 7.03. The van der Waals surface area contributed by atoms with Crippen molar-refractivity contribution in [3.63, 3.8) is 0 Å². The Balaban J connectivity index is 2.16. The zero-order valence-electron chi connectivity index (χ0n) is 12.5. The number of anilines is 1. The van der Waals surface area contributed by atoms with Gasteiger partial charge in [0.25, 0.3) is 0 Å². The molecule has 0 bridgehead atoms. The lowest BCUT2D eigenvalue weighted by Gasteiger charge is -2.27. The topological polar surface area (TPSA) is 132 Å². The Morgan fingerprint density at radius 2 is 2.00 bits per heavy atom. The number of aliphatic carboxylic acids is 1. The van der Waals surface area contributed by atoms with E-state index in [1.165, 1.54) is 19.2 Å². The van der Waals surface area contributed by atoms with Gasteiger partial charge in [-0.05, 0) is 31.7 Å². The molecule has 1 aromatic rings. The maximum absolute atomic E-state index is 11.5. The molecule has 1 aliphatic rings. The van der Waals surface area contributed by atoms with Crippen LogP contribution >= 0.6 is 0 Å². The highest BCUT2D eigenvalue weighted by atomic mass is 16.6. The zero-order valence-corrected chi connectivity index (χ0v) is 12.5. The Hall–Kier alpha value is -2.71. The van der Waals surface area contributed by atoms with Gasteiger partial charge in [0.05, 0.1) is 18.0 Å². The van der Waals surface area contributed by atoms with Crippen molar-refractivity contribution in [2.45, 2.75) is 31.7 Å². The number of esters is 1. The van der Waals surface area contributed by atoms with Crippen molar-refractivity contribution < 1.29 is 24.4 Å². The van der Waals surface area contributed by atoms with Gasteiger partial charge in [0.1, 0.15) is 0 Å². The van der Waals surface area contributed by atoms with E-state index >= 15 is 0 Å². The highest BCUT2D eigenvalue weighted by Crippen LogP contribution is 2.29. The summed E-state index contributed by atoms with van der Waals surface area (Å²) in [5.74, 6) is -1.88. The summed E-state index contributed by atoms with van der Waals surface area (Å²) in [6.07, 6.45) is 2.13. The summed E-state index contributed by atoms with van der Waals surface area (Å²) >= 11 is 0. The first-order valence-electron chi connectivity index (χ1n) is 7.15. The minimum absolute atomic E-state index is 0.00308. The smallest absolute Gasteiger partial charge is 0.356 e. The molecule has 23 heavy (non-hydrogen) atoms. The van der Waals surface area contributed by atoms with Crippen LogP contribution in [0.5, 0.6) is 0 Å². The summed E-state index contributed by atoms with van der Waals surface area (Å²) < 4.78 is 4.56. The molecule has 1 heterocycles. The molecule has 1 aliphatic carbocycles. The number of carbonyl (C=O) groups is 2. The van der Waals surface area contributed by atoms with Crippen LogP contribution in [0.2, 0.25) is 0 Å². The van der Waals surface area contributed by atoms with E-state index in [2.05, 4.69) is 15.0 Å². The molecule has 0 amide bonds. The van der Waals surface area contributed by atoms with E-state index < -0.39 is 16.9 Å². The summed E-state index contributed by atoms with van der Waals surface area (Å²) in [6, 6.07) is 2.31. The fraction of sp³-hybridized carbons (Fsp3) is 0.500. The number of pyridine rings is 1. The number of methoxy groups -OCH3 is 1. The van der Waals surface area contributed by atoms with Crippen LogP contribution in [0.3, 0.4) is 0 Å². The molecular formula is C14H17N3O6. The first-order chi connectivity index (χ1) is 10.9. The van der Waals surface area contributed by atoms with E-state index in [1.807, 2.05) is 0 Å². The van der Waals surface area contributed by atoms with Gasteiger partial charge in [-0.1, -0.05) is 0 Å². The van der Waals surface area contributed by atoms with Gasteiger partial charge in [0.15, 0.2) is 5.69 Å². The van der Waals surface area contributed by atoms with Gasteiger partial charge in [0, 0.05) is 12.1 Å². The van der Waals surface area contributed by atoms with Crippen molar-refractivity contribution >= 4 is 23.4 Å². The molecule has 1 saturated carbocycles. The van der Waals surface area contributed by atoms with E-state index in [4.69, 9.17) is 5.11 Å². The summed E-state index contributed by atoms with van der Waals surface area (Å²) in [5, 5.41) is 23.0. The van der Waals surface area contributed by atoms with E-state index in [-0.39, 0.29) is 29.2 Å². The number of carbonyl (C=O) groups excluding carboxylic acids is 1. The molecular weight excluding hydrogens is 306 g/mol. The molecule has 0 saturated heterocycles. The van der Waals surface area contributed by atoms with Crippen molar-refractivity contribution in [2.75, 3.05) is 12.4 Å². The zero-order chi connectivity index (χ0) is 17.0. The first kappa shape index (κ1) is 16.7. The average Bonchev–Trinajstić information content (AvgIpc) is 2.54. The Kier molecular flexibility index (Phi) is 5.09. The second-order valence-corrected chi connectivity index (χ2v) is 5.34. The number of carboxylic acid groups (broad SMARTS) is 1. The van der Waals surface area contributed by atoms with Crippen molar-refractivity contribution in [1.29, 1.82) is 0 Å². The number of ether oxygens (including phenoxy) is 1. The lowest BCUT2D eigenvalue weighted by molar-refractivity contribution is -0.384. The van der Waals surface area contributed by atoms with Gasteiger partial charge in [-0.25, -0.2) is 9.78 Å².